The first-order chi connectivity index (χ1) is 13.8. The molecule has 2 N–H and O–H groups in total. The van der Waals surface area contributed by atoms with E-state index in [1.807, 2.05) is 4.90 Å². The number of piperidine rings is 2. The van der Waals surface area contributed by atoms with Gasteiger partial charge in [0.2, 0.25) is 0 Å². The van der Waals surface area contributed by atoms with Gasteiger partial charge in [-0.25, -0.2) is 0 Å². The molecule has 31 heavy (non-hydrogen) atoms. The van der Waals surface area contributed by atoms with Crippen molar-refractivity contribution in [1.82, 2.24) is 14.7 Å². The second-order valence-electron chi connectivity index (χ2n) is 12.4. The van der Waals surface area contributed by atoms with Crippen LogP contribution in [-0.4, -0.2) is 91.7 Å². The minimum absolute atomic E-state index is 0.107. The molecule has 0 aromatic carbocycles. The van der Waals surface area contributed by atoms with Gasteiger partial charge in [0.1, 0.15) is 6.04 Å². The Bertz CT molecular complexity index is 665. The van der Waals surface area contributed by atoms with E-state index in [2.05, 4.69) is 79.3 Å². The van der Waals surface area contributed by atoms with E-state index in [0.29, 0.717) is 0 Å². The van der Waals surface area contributed by atoms with Crippen LogP contribution >= 0.6 is 0 Å². The van der Waals surface area contributed by atoms with Gasteiger partial charge in [-0.2, -0.15) is 0 Å². The molecule has 0 spiro atoms. The first kappa shape index (κ1) is 26.1. The predicted octanol–water partition coefficient (Wildman–Crippen LogP) is 3.38. The topological polar surface area (TPSA) is 84.3 Å². The van der Waals surface area contributed by atoms with Gasteiger partial charge in [0, 0.05) is 28.2 Å². The maximum atomic E-state index is 12.7. The van der Waals surface area contributed by atoms with E-state index in [-0.39, 0.29) is 40.7 Å². The molecule has 0 aromatic rings. The van der Waals surface area contributed by atoms with E-state index in [0.717, 1.165) is 25.7 Å². The molecule has 180 valence electrons. The lowest BCUT2D eigenvalue weighted by atomic mass is 9.70. The lowest BCUT2D eigenvalue weighted by Gasteiger charge is -2.58. The molecule has 2 rings (SSSR count). The number of carbonyl (C=O) groups is 2. The molecule has 0 radical (unpaired) electrons. The summed E-state index contributed by atoms with van der Waals surface area (Å²) in [6.07, 6.45) is 2.92. The van der Waals surface area contributed by atoms with Crippen molar-refractivity contribution in [2.24, 2.45) is 5.92 Å². The molecule has 7 heteroatoms. The maximum Gasteiger partial charge on any atom is 0.321 e. The summed E-state index contributed by atoms with van der Waals surface area (Å²) in [6.45, 7) is 17.0. The third-order valence-electron chi connectivity index (χ3n) is 8.47. The quantitative estimate of drug-likeness (QED) is 0.656. The highest BCUT2D eigenvalue weighted by Crippen LogP contribution is 2.45. The van der Waals surface area contributed by atoms with E-state index in [1.165, 1.54) is 0 Å². The van der Waals surface area contributed by atoms with Gasteiger partial charge in [-0.3, -0.25) is 24.3 Å². The van der Waals surface area contributed by atoms with Gasteiger partial charge in [0.05, 0.1) is 6.54 Å². The van der Waals surface area contributed by atoms with Crippen LogP contribution in [0.4, 0.5) is 0 Å². The van der Waals surface area contributed by atoms with Crippen LogP contribution in [0.5, 0.6) is 0 Å². The monoisotopic (exact) mass is 439 g/mol. The van der Waals surface area contributed by atoms with Crippen LogP contribution in [0.25, 0.3) is 0 Å². The van der Waals surface area contributed by atoms with E-state index >= 15 is 0 Å². The molecule has 0 amide bonds. The number of aliphatic carboxylic acids is 2. The van der Waals surface area contributed by atoms with Crippen molar-refractivity contribution in [1.29, 1.82) is 0 Å². The number of rotatable bonds is 6. The Morgan fingerprint density at radius 2 is 1.16 bits per heavy atom. The summed E-state index contributed by atoms with van der Waals surface area (Å²) < 4.78 is 0. The molecule has 2 heterocycles. The number of hydrogen-bond donors (Lipinski definition) is 2. The summed E-state index contributed by atoms with van der Waals surface area (Å²) in [4.78, 5) is 31.1. The molecule has 7 nitrogen and oxygen atoms in total. The largest absolute Gasteiger partial charge is 0.480 e. The van der Waals surface area contributed by atoms with Crippen molar-refractivity contribution < 1.29 is 19.8 Å². The summed E-state index contributed by atoms with van der Waals surface area (Å²) >= 11 is 0. The van der Waals surface area contributed by atoms with Crippen LogP contribution < -0.4 is 0 Å². The van der Waals surface area contributed by atoms with Crippen LogP contribution in [0.1, 0.15) is 81.1 Å². The molecule has 2 aliphatic rings. The second kappa shape index (κ2) is 8.31. The normalized spacial score (nSPS) is 27.8. The molecule has 1 unspecified atom stereocenters. The summed E-state index contributed by atoms with van der Waals surface area (Å²) in [5.41, 5.74) is -0.643. The predicted molar refractivity (Wildman–Crippen MR) is 123 cm³/mol. The first-order valence-electron chi connectivity index (χ1n) is 11.5. The highest BCUT2D eigenvalue weighted by molar-refractivity contribution is 5.76. The van der Waals surface area contributed by atoms with Crippen molar-refractivity contribution in [2.45, 2.75) is 115 Å². The molecule has 0 saturated carbocycles. The summed E-state index contributed by atoms with van der Waals surface area (Å²) in [7, 11) is 4.21. The maximum absolute atomic E-state index is 12.7. The minimum atomic E-state index is -0.966. The number of likely N-dealkylation sites (tertiary alicyclic amines) is 2. The fourth-order valence-corrected chi connectivity index (χ4v) is 6.45. The van der Waals surface area contributed by atoms with Gasteiger partial charge in [0.25, 0.3) is 0 Å². The zero-order chi connectivity index (χ0) is 24.2. The minimum Gasteiger partial charge on any atom is -0.480 e. The zero-order valence-corrected chi connectivity index (χ0v) is 21.3. The van der Waals surface area contributed by atoms with Crippen molar-refractivity contribution >= 4 is 11.9 Å². The molecule has 2 saturated heterocycles. The lowest BCUT2D eigenvalue weighted by Crippen LogP contribution is -2.67. The molecule has 2 fully saturated rings. The smallest absolute Gasteiger partial charge is 0.321 e. The van der Waals surface area contributed by atoms with Crippen LogP contribution in [-0.2, 0) is 9.59 Å². The van der Waals surface area contributed by atoms with E-state index in [1.54, 1.807) is 0 Å². The van der Waals surface area contributed by atoms with Crippen molar-refractivity contribution in [3.8, 4) is 0 Å². The first-order valence-corrected chi connectivity index (χ1v) is 11.5. The van der Waals surface area contributed by atoms with Crippen LogP contribution in [0.3, 0.4) is 0 Å². The Kier molecular flexibility index (Phi) is 6.99. The van der Waals surface area contributed by atoms with Crippen LogP contribution in [0, 0.1) is 5.92 Å². The Hall–Kier alpha value is -1.18. The number of carboxylic acids is 2. The molecular weight excluding hydrogens is 394 g/mol. The van der Waals surface area contributed by atoms with Crippen molar-refractivity contribution in [3.63, 3.8) is 0 Å². The summed E-state index contributed by atoms with van der Waals surface area (Å²) in [5, 5.41) is 20.1. The van der Waals surface area contributed by atoms with E-state index in [9.17, 15) is 19.8 Å². The molecule has 0 aliphatic carbocycles. The third-order valence-corrected chi connectivity index (χ3v) is 8.47. The summed E-state index contributed by atoms with van der Waals surface area (Å²) in [6, 6.07) is -0.923. The SMILES string of the molecule is CN1C(C)(C)CC(C(C(=O)O)N(CC(=O)O)C2CC(C)(C)N(C)C(C)(C)C2)CC1(C)C. The highest BCUT2D eigenvalue weighted by atomic mass is 16.4. The number of hydrogen-bond acceptors (Lipinski definition) is 5. The van der Waals surface area contributed by atoms with Gasteiger partial charge in [-0.05, 0) is 101 Å². The molecule has 2 aliphatic heterocycles. The molecule has 0 aromatic heterocycles. The Labute approximate surface area is 188 Å². The fourth-order valence-electron chi connectivity index (χ4n) is 6.45. The molecular formula is C24H45N3O4. The van der Waals surface area contributed by atoms with Crippen LogP contribution in [0.15, 0.2) is 0 Å². The molecule has 1 atom stereocenters. The highest BCUT2D eigenvalue weighted by Gasteiger charge is 2.52. The van der Waals surface area contributed by atoms with Gasteiger partial charge < -0.3 is 10.2 Å². The number of nitrogens with zero attached hydrogens (tertiary/aromatic N) is 3. The average Bonchev–Trinajstić information content (AvgIpc) is 2.55. The van der Waals surface area contributed by atoms with Gasteiger partial charge in [-0.1, -0.05) is 0 Å². The molecule has 0 bridgehead atoms. The summed E-state index contributed by atoms with van der Waals surface area (Å²) in [5.74, 6) is -1.99. The Morgan fingerprint density at radius 3 is 1.48 bits per heavy atom. The van der Waals surface area contributed by atoms with E-state index in [4.69, 9.17) is 0 Å². The van der Waals surface area contributed by atoms with E-state index < -0.39 is 18.0 Å². The van der Waals surface area contributed by atoms with Crippen LogP contribution in [0.2, 0.25) is 0 Å². The number of carboxylic acid groups (broad SMARTS) is 2. The van der Waals surface area contributed by atoms with Crippen molar-refractivity contribution in [2.75, 3.05) is 20.6 Å². The standard InChI is InChI=1S/C24H45N3O4/c1-21(2)11-16(12-22(3,4)25(21)9)19(20(30)31)27(15-18(28)29)17-13-23(5,6)26(10)24(7,8)14-17/h16-17,19H,11-15H2,1-10H3,(H,28,29)(H,30,31). The van der Waals surface area contributed by atoms with Gasteiger partial charge in [-0.15, -0.1) is 0 Å². The fraction of sp³-hybridized carbons (Fsp3) is 0.917. The van der Waals surface area contributed by atoms with Crippen molar-refractivity contribution in [3.05, 3.63) is 0 Å². The third kappa shape index (κ3) is 5.25. The Morgan fingerprint density at radius 1 is 0.806 bits per heavy atom. The lowest BCUT2D eigenvalue weighted by molar-refractivity contribution is -0.158. The average molecular weight is 440 g/mol. The van der Waals surface area contributed by atoms with Gasteiger partial charge >= 0.3 is 11.9 Å². The second-order valence-corrected chi connectivity index (χ2v) is 12.4. The zero-order valence-electron chi connectivity index (χ0n) is 21.3. The van der Waals surface area contributed by atoms with Gasteiger partial charge in [0.15, 0.2) is 0 Å². The Balaban J connectivity index is 2.49.